The van der Waals surface area contributed by atoms with E-state index in [1.54, 1.807) is 18.2 Å². The van der Waals surface area contributed by atoms with Gasteiger partial charge in [-0.3, -0.25) is 4.72 Å². The maximum atomic E-state index is 13.5. The molecule has 0 atom stereocenters. The van der Waals surface area contributed by atoms with Crippen LogP contribution in [0.4, 0.5) is 15.8 Å². The van der Waals surface area contributed by atoms with Gasteiger partial charge in [0, 0.05) is 12.2 Å². The van der Waals surface area contributed by atoms with E-state index in [9.17, 15) is 12.8 Å². The number of anilines is 2. The predicted molar refractivity (Wildman–Crippen MR) is 82.4 cm³/mol. The van der Waals surface area contributed by atoms with E-state index in [1.807, 2.05) is 6.92 Å². The van der Waals surface area contributed by atoms with Crippen molar-refractivity contribution in [2.24, 2.45) is 0 Å². The Hall–Kier alpha value is -2.08. The van der Waals surface area contributed by atoms with Crippen molar-refractivity contribution in [1.29, 1.82) is 0 Å². The third-order valence-corrected chi connectivity index (χ3v) is 4.24. The molecule has 2 aromatic carbocycles. The van der Waals surface area contributed by atoms with Crippen LogP contribution in [0.2, 0.25) is 0 Å². The van der Waals surface area contributed by atoms with Gasteiger partial charge in [0.25, 0.3) is 10.0 Å². The predicted octanol–water partition coefficient (Wildman–Crippen LogP) is 3.45. The zero-order valence-corrected chi connectivity index (χ0v) is 12.5. The molecule has 0 aliphatic carbocycles. The topological polar surface area (TPSA) is 58.2 Å². The summed E-state index contributed by atoms with van der Waals surface area (Å²) in [4.78, 5) is 0.0906. The van der Waals surface area contributed by atoms with E-state index in [1.165, 1.54) is 30.3 Å². The summed E-state index contributed by atoms with van der Waals surface area (Å²) in [7, 11) is -3.79. The van der Waals surface area contributed by atoms with Gasteiger partial charge in [0.05, 0.1) is 10.6 Å². The van der Waals surface area contributed by atoms with Crippen LogP contribution >= 0.6 is 0 Å². The molecule has 0 bridgehead atoms. The van der Waals surface area contributed by atoms with E-state index in [-0.39, 0.29) is 10.6 Å². The second kappa shape index (κ2) is 6.58. The van der Waals surface area contributed by atoms with Crippen molar-refractivity contribution < 1.29 is 12.8 Å². The highest BCUT2D eigenvalue weighted by Crippen LogP contribution is 2.20. The van der Waals surface area contributed by atoms with Gasteiger partial charge in [-0.15, -0.1) is 0 Å². The van der Waals surface area contributed by atoms with Crippen molar-refractivity contribution in [3.8, 4) is 0 Å². The average molecular weight is 308 g/mol. The third-order valence-electron chi connectivity index (χ3n) is 2.86. The Morgan fingerprint density at radius 1 is 1.05 bits per heavy atom. The first-order valence-corrected chi connectivity index (χ1v) is 8.12. The van der Waals surface area contributed by atoms with Crippen LogP contribution in [0.3, 0.4) is 0 Å². The Kier molecular flexibility index (Phi) is 4.80. The Labute approximate surface area is 124 Å². The fourth-order valence-electron chi connectivity index (χ4n) is 1.77. The third kappa shape index (κ3) is 3.95. The Balaban J connectivity index is 2.18. The van der Waals surface area contributed by atoms with E-state index in [4.69, 9.17) is 0 Å². The van der Waals surface area contributed by atoms with Crippen LogP contribution in [-0.4, -0.2) is 15.0 Å². The molecule has 2 aromatic rings. The SMILES string of the molecule is CCCNc1ccc(S(=O)(=O)Nc2ccccc2F)cc1. The van der Waals surface area contributed by atoms with E-state index in [2.05, 4.69) is 10.0 Å². The van der Waals surface area contributed by atoms with Crippen molar-refractivity contribution in [2.45, 2.75) is 18.2 Å². The number of hydrogen-bond acceptors (Lipinski definition) is 3. The summed E-state index contributed by atoms with van der Waals surface area (Å²) in [5, 5.41) is 3.16. The van der Waals surface area contributed by atoms with Crippen LogP contribution in [0.15, 0.2) is 53.4 Å². The summed E-state index contributed by atoms with van der Waals surface area (Å²) in [6.07, 6.45) is 0.981. The molecule has 0 aromatic heterocycles. The first-order chi connectivity index (χ1) is 10.0. The first kappa shape index (κ1) is 15.3. The number of para-hydroxylation sites is 1. The summed E-state index contributed by atoms with van der Waals surface area (Å²) in [5.74, 6) is -0.609. The highest BCUT2D eigenvalue weighted by Gasteiger charge is 2.15. The molecule has 2 rings (SSSR count). The molecule has 4 nitrogen and oxygen atoms in total. The Morgan fingerprint density at radius 2 is 1.71 bits per heavy atom. The molecule has 112 valence electrons. The van der Waals surface area contributed by atoms with Gasteiger partial charge in [-0.1, -0.05) is 19.1 Å². The average Bonchev–Trinajstić information content (AvgIpc) is 2.48. The van der Waals surface area contributed by atoms with Crippen LogP contribution in [0.25, 0.3) is 0 Å². The molecule has 21 heavy (non-hydrogen) atoms. The minimum Gasteiger partial charge on any atom is -0.385 e. The van der Waals surface area contributed by atoms with Crippen LogP contribution in [0, 0.1) is 5.82 Å². The Morgan fingerprint density at radius 3 is 2.33 bits per heavy atom. The molecule has 0 amide bonds. The van der Waals surface area contributed by atoms with Gasteiger partial charge in [-0.25, -0.2) is 12.8 Å². The van der Waals surface area contributed by atoms with Gasteiger partial charge in [0.15, 0.2) is 0 Å². The lowest BCUT2D eigenvalue weighted by atomic mass is 10.3. The zero-order chi connectivity index (χ0) is 15.3. The molecule has 0 radical (unpaired) electrons. The lowest BCUT2D eigenvalue weighted by molar-refractivity contribution is 0.598. The fraction of sp³-hybridized carbons (Fsp3) is 0.200. The molecule has 2 N–H and O–H groups in total. The van der Waals surface area contributed by atoms with Crippen molar-refractivity contribution in [2.75, 3.05) is 16.6 Å². The van der Waals surface area contributed by atoms with Crippen LogP contribution < -0.4 is 10.0 Å². The number of halogens is 1. The van der Waals surface area contributed by atoms with Crippen molar-refractivity contribution in [3.05, 3.63) is 54.3 Å². The molecule has 0 saturated heterocycles. The van der Waals surface area contributed by atoms with Crippen LogP contribution in [0.5, 0.6) is 0 Å². The molecule has 0 spiro atoms. The summed E-state index contributed by atoms with van der Waals surface area (Å²) in [6.45, 7) is 2.86. The number of benzene rings is 2. The zero-order valence-electron chi connectivity index (χ0n) is 11.6. The Bertz CT molecular complexity index is 700. The highest BCUT2D eigenvalue weighted by molar-refractivity contribution is 7.92. The van der Waals surface area contributed by atoms with Crippen molar-refractivity contribution in [1.82, 2.24) is 0 Å². The molecular weight excluding hydrogens is 291 g/mol. The number of hydrogen-bond donors (Lipinski definition) is 2. The summed E-state index contributed by atoms with van der Waals surface area (Å²) in [5.41, 5.74) is 0.785. The van der Waals surface area contributed by atoms with Crippen molar-refractivity contribution in [3.63, 3.8) is 0 Å². The van der Waals surface area contributed by atoms with Crippen LogP contribution in [-0.2, 0) is 10.0 Å². The molecule has 0 heterocycles. The van der Waals surface area contributed by atoms with Gasteiger partial charge in [0.2, 0.25) is 0 Å². The standard InChI is InChI=1S/C15H17FN2O2S/c1-2-11-17-12-7-9-13(10-8-12)21(19,20)18-15-6-4-3-5-14(15)16/h3-10,17-18H,2,11H2,1H3. The minimum absolute atomic E-state index is 0.0642. The maximum Gasteiger partial charge on any atom is 0.261 e. The van der Waals surface area contributed by atoms with Gasteiger partial charge < -0.3 is 5.32 Å². The molecular formula is C15H17FN2O2S. The smallest absolute Gasteiger partial charge is 0.261 e. The molecule has 6 heteroatoms. The number of rotatable bonds is 6. The van der Waals surface area contributed by atoms with Gasteiger partial charge in [0.1, 0.15) is 5.82 Å². The van der Waals surface area contributed by atoms with Gasteiger partial charge in [-0.05, 0) is 42.8 Å². The molecule has 0 aliphatic heterocycles. The van der Waals surface area contributed by atoms with Crippen molar-refractivity contribution >= 4 is 21.4 Å². The van der Waals surface area contributed by atoms with E-state index in [0.717, 1.165) is 18.7 Å². The summed E-state index contributed by atoms with van der Waals surface area (Å²) < 4.78 is 40.1. The van der Waals surface area contributed by atoms with Gasteiger partial charge >= 0.3 is 0 Å². The molecule has 0 fully saturated rings. The maximum absolute atomic E-state index is 13.5. The number of nitrogens with one attached hydrogen (secondary N) is 2. The van der Waals surface area contributed by atoms with Crippen LogP contribution in [0.1, 0.15) is 13.3 Å². The minimum atomic E-state index is -3.79. The summed E-state index contributed by atoms with van der Waals surface area (Å²) in [6, 6.07) is 12.0. The molecule has 0 aliphatic rings. The second-order valence-corrected chi connectivity index (χ2v) is 6.22. The fourth-order valence-corrected chi connectivity index (χ4v) is 2.84. The lowest BCUT2D eigenvalue weighted by Gasteiger charge is -2.10. The quantitative estimate of drug-likeness (QED) is 0.859. The molecule has 0 unspecified atom stereocenters. The normalized spacial score (nSPS) is 11.1. The number of sulfonamides is 1. The van der Waals surface area contributed by atoms with Gasteiger partial charge in [-0.2, -0.15) is 0 Å². The second-order valence-electron chi connectivity index (χ2n) is 4.54. The van der Waals surface area contributed by atoms with E-state index < -0.39 is 15.8 Å². The first-order valence-electron chi connectivity index (χ1n) is 6.64. The highest BCUT2D eigenvalue weighted by atomic mass is 32.2. The van der Waals surface area contributed by atoms with E-state index in [0.29, 0.717) is 0 Å². The largest absolute Gasteiger partial charge is 0.385 e. The monoisotopic (exact) mass is 308 g/mol. The lowest BCUT2D eigenvalue weighted by Crippen LogP contribution is -2.14. The van der Waals surface area contributed by atoms with E-state index >= 15 is 0 Å². The molecule has 0 saturated carbocycles. The summed E-state index contributed by atoms with van der Waals surface area (Å²) >= 11 is 0.